The molecule has 0 saturated carbocycles. The van der Waals surface area contributed by atoms with E-state index in [9.17, 15) is 9.59 Å². The first-order chi connectivity index (χ1) is 16.6. The molecule has 4 rings (SSSR count). The summed E-state index contributed by atoms with van der Waals surface area (Å²) in [5, 5.41) is 6.21. The molecule has 3 aliphatic rings. The van der Waals surface area contributed by atoms with Gasteiger partial charge in [-0.05, 0) is 24.5 Å². The van der Waals surface area contributed by atoms with E-state index in [1.165, 1.54) is 0 Å². The summed E-state index contributed by atoms with van der Waals surface area (Å²) in [7, 11) is 0. The monoisotopic (exact) mass is 473 g/mol. The molecule has 188 valence electrons. The molecule has 3 saturated heterocycles. The van der Waals surface area contributed by atoms with E-state index in [0.29, 0.717) is 45.2 Å². The van der Waals surface area contributed by atoms with Crippen LogP contribution in [0.25, 0.3) is 0 Å². The van der Waals surface area contributed by atoms with Crippen molar-refractivity contribution >= 4 is 17.6 Å². The predicted octanol–water partition coefficient (Wildman–Crippen LogP) is 1.25. The van der Waals surface area contributed by atoms with E-state index in [1.807, 2.05) is 29.2 Å². The first-order valence-corrected chi connectivity index (χ1v) is 12.7. The van der Waals surface area contributed by atoms with Gasteiger partial charge in [0.2, 0.25) is 5.91 Å². The Balaban J connectivity index is 1.21. The molecule has 3 aliphatic heterocycles. The van der Waals surface area contributed by atoms with Gasteiger partial charge in [0.05, 0.1) is 26.4 Å². The van der Waals surface area contributed by atoms with Crippen molar-refractivity contribution in [2.24, 2.45) is 5.92 Å². The predicted molar refractivity (Wildman–Crippen MR) is 131 cm³/mol. The molecule has 1 aromatic carbocycles. The standard InChI is InChI=1S/C25H39N5O4/c1-2-20-5-3-4-6-22(20)27-24(31)18-28-8-10-30(11-9-28)25(32)26-17-23(21-7-14-34-19-21)29-12-15-33-16-13-29/h3-6,21,23H,2,7-19H2,1H3,(H,26,32)(H,27,31). The molecule has 3 fully saturated rings. The second-order valence-electron chi connectivity index (χ2n) is 9.35. The topological polar surface area (TPSA) is 86.4 Å². The zero-order chi connectivity index (χ0) is 23.8. The lowest BCUT2D eigenvalue weighted by atomic mass is 9.97. The van der Waals surface area contributed by atoms with E-state index >= 15 is 0 Å². The molecule has 0 spiro atoms. The van der Waals surface area contributed by atoms with Crippen LogP contribution in [0.5, 0.6) is 0 Å². The van der Waals surface area contributed by atoms with Crippen molar-refractivity contribution in [1.29, 1.82) is 0 Å². The molecule has 2 atom stereocenters. The second kappa shape index (κ2) is 12.5. The van der Waals surface area contributed by atoms with Gasteiger partial charge in [-0.25, -0.2) is 4.79 Å². The van der Waals surface area contributed by atoms with E-state index in [2.05, 4.69) is 27.4 Å². The summed E-state index contributed by atoms with van der Waals surface area (Å²) in [5.74, 6) is 0.442. The summed E-state index contributed by atoms with van der Waals surface area (Å²) in [6.45, 7) is 10.6. The smallest absolute Gasteiger partial charge is 0.317 e. The summed E-state index contributed by atoms with van der Waals surface area (Å²) >= 11 is 0. The first-order valence-electron chi connectivity index (χ1n) is 12.7. The Kier molecular flexibility index (Phi) is 9.15. The molecule has 9 heteroatoms. The summed E-state index contributed by atoms with van der Waals surface area (Å²) in [5.41, 5.74) is 2.02. The highest BCUT2D eigenvalue weighted by atomic mass is 16.5. The molecule has 3 heterocycles. The Morgan fingerprint density at radius 3 is 2.50 bits per heavy atom. The number of benzene rings is 1. The van der Waals surface area contributed by atoms with Gasteiger partial charge in [-0.3, -0.25) is 14.6 Å². The van der Waals surface area contributed by atoms with Crippen LogP contribution in [-0.2, 0) is 20.7 Å². The number of nitrogens with one attached hydrogen (secondary N) is 2. The SMILES string of the molecule is CCc1ccccc1NC(=O)CN1CCN(C(=O)NCC(C2CCOC2)N2CCOCC2)CC1. The van der Waals surface area contributed by atoms with Crippen molar-refractivity contribution in [2.75, 3.05) is 84.1 Å². The number of rotatable bonds is 8. The van der Waals surface area contributed by atoms with Gasteiger partial charge in [-0.2, -0.15) is 0 Å². The van der Waals surface area contributed by atoms with Crippen molar-refractivity contribution in [3.8, 4) is 0 Å². The number of aryl methyl sites for hydroxylation is 1. The molecular formula is C25H39N5O4. The Hall–Kier alpha value is -2.20. The van der Waals surface area contributed by atoms with E-state index < -0.39 is 0 Å². The Morgan fingerprint density at radius 2 is 1.79 bits per heavy atom. The highest BCUT2D eigenvalue weighted by Crippen LogP contribution is 2.22. The minimum absolute atomic E-state index is 0.00839. The van der Waals surface area contributed by atoms with Crippen LogP contribution in [0.3, 0.4) is 0 Å². The maximum Gasteiger partial charge on any atom is 0.317 e. The maximum atomic E-state index is 12.9. The Bertz CT molecular complexity index is 802. The number of para-hydroxylation sites is 1. The Labute approximate surface area is 202 Å². The number of morpholine rings is 1. The normalized spacial score (nSPS) is 23.0. The molecule has 9 nitrogen and oxygen atoms in total. The molecule has 0 aliphatic carbocycles. The fourth-order valence-corrected chi connectivity index (χ4v) is 5.12. The summed E-state index contributed by atoms with van der Waals surface area (Å²) in [6.07, 6.45) is 1.92. The van der Waals surface area contributed by atoms with Crippen LogP contribution in [0.1, 0.15) is 18.9 Å². The van der Waals surface area contributed by atoms with Crippen molar-refractivity contribution in [3.63, 3.8) is 0 Å². The summed E-state index contributed by atoms with van der Waals surface area (Å²) in [6, 6.07) is 8.18. The molecule has 1 aromatic rings. The number of hydrogen-bond acceptors (Lipinski definition) is 6. The molecule has 0 bridgehead atoms. The molecule has 34 heavy (non-hydrogen) atoms. The van der Waals surface area contributed by atoms with Crippen molar-refractivity contribution in [2.45, 2.75) is 25.8 Å². The van der Waals surface area contributed by atoms with Gasteiger partial charge in [0.15, 0.2) is 0 Å². The molecule has 0 aromatic heterocycles. The third-order valence-electron chi connectivity index (χ3n) is 7.19. The average Bonchev–Trinajstić information content (AvgIpc) is 3.40. The average molecular weight is 474 g/mol. The number of amides is 3. The van der Waals surface area contributed by atoms with Gasteiger partial charge in [-0.1, -0.05) is 25.1 Å². The molecule has 2 unspecified atom stereocenters. The molecular weight excluding hydrogens is 434 g/mol. The van der Waals surface area contributed by atoms with Crippen LogP contribution in [0, 0.1) is 5.92 Å². The van der Waals surface area contributed by atoms with Crippen molar-refractivity contribution in [1.82, 2.24) is 20.0 Å². The van der Waals surface area contributed by atoms with Crippen LogP contribution in [0.2, 0.25) is 0 Å². The van der Waals surface area contributed by atoms with Gasteiger partial charge >= 0.3 is 6.03 Å². The largest absolute Gasteiger partial charge is 0.381 e. The zero-order valence-electron chi connectivity index (χ0n) is 20.3. The van der Waals surface area contributed by atoms with E-state index in [1.54, 1.807) is 0 Å². The Morgan fingerprint density at radius 1 is 1.03 bits per heavy atom. The van der Waals surface area contributed by atoms with Crippen LogP contribution >= 0.6 is 0 Å². The van der Waals surface area contributed by atoms with Gasteiger partial charge in [-0.15, -0.1) is 0 Å². The molecule has 3 amide bonds. The number of urea groups is 1. The summed E-state index contributed by atoms with van der Waals surface area (Å²) in [4.78, 5) is 31.8. The number of ether oxygens (including phenoxy) is 2. The number of nitrogens with zero attached hydrogens (tertiary/aromatic N) is 3. The van der Waals surface area contributed by atoms with Gasteiger partial charge in [0, 0.05) is 70.1 Å². The fourth-order valence-electron chi connectivity index (χ4n) is 5.12. The zero-order valence-corrected chi connectivity index (χ0v) is 20.3. The van der Waals surface area contributed by atoms with Crippen LogP contribution < -0.4 is 10.6 Å². The van der Waals surface area contributed by atoms with Crippen LogP contribution in [0.4, 0.5) is 10.5 Å². The lowest BCUT2D eigenvalue weighted by Crippen LogP contribution is -2.56. The van der Waals surface area contributed by atoms with Gasteiger partial charge in [0.1, 0.15) is 0 Å². The van der Waals surface area contributed by atoms with E-state index in [4.69, 9.17) is 9.47 Å². The van der Waals surface area contributed by atoms with Crippen LogP contribution in [0.15, 0.2) is 24.3 Å². The number of carbonyl (C=O) groups is 2. The maximum absolute atomic E-state index is 12.9. The highest BCUT2D eigenvalue weighted by Gasteiger charge is 2.32. The van der Waals surface area contributed by atoms with Crippen molar-refractivity contribution in [3.05, 3.63) is 29.8 Å². The minimum Gasteiger partial charge on any atom is -0.381 e. The first kappa shape index (κ1) is 24.9. The van der Waals surface area contributed by atoms with Crippen LogP contribution in [-0.4, -0.2) is 111 Å². The highest BCUT2D eigenvalue weighted by molar-refractivity contribution is 5.93. The number of carbonyl (C=O) groups excluding carboxylic acids is 2. The van der Waals surface area contributed by atoms with Gasteiger partial charge in [0.25, 0.3) is 0 Å². The second-order valence-corrected chi connectivity index (χ2v) is 9.35. The third-order valence-corrected chi connectivity index (χ3v) is 7.19. The quantitative estimate of drug-likeness (QED) is 0.591. The summed E-state index contributed by atoms with van der Waals surface area (Å²) < 4.78 is 11.1. The minimum atomic E-state index is -0.0156. The molecule has 0 radical (unpaired) electrons. The fraction of sp³-hybridized carbons (Fsp3) is 0.680. The van der Waals surface area contributed by atoms with E-state index in [-0.39, 0.29) is 18.0 Å². The number of hydrogen-bond donors (Lipinski definition) is 2. The van der Waals surface area contributed by atoms with E-state index in [0.717, 1.165) is 63.6 Å². The van der Waals surface area contributed by atoms with Crippen molar-refractivity contribution < 1.29 is 19.1 Å². The number of piperazine rings is 1. The lowest BCUT2D eigenvalue weighted by molar-refractivity contribution is -0.117. The van der Waals surface area contributed by atoms with Gasteiger partial charge < -0.3 is 25.0 Å². The number of anilines is 1. The molecule has 2 N–H and O–H groups in total. The third kappa shape index (κ3) is 6.69. The lowest BCUT2D eigenvalue weighted by Gasteiger charge is -2.38.